The van der Waals surface area contributed by atoms with Gasteiger partial charge >= 0.3 is 19.8 Å². The summed E-state index contributed by atoms with van der Waals surface area (Å²) in [4.78, 5) is 42.5. The molecule has 0 fully saturated rings. The summed E-state index contributed by atoms with van der Waals surface area (Å²) in [5.74, 6) is -0.981. The van der Waals surface area contributed by atoms with Gasteiger partial charge in [0.15, 0.2) is 6.10 Å². The van der Waals surface area contributed by atoms with Gasteiger partial charge in [0.1, 0.15) is 6.61 Å². The van der Waals surface area contributed by atoms with Crippen molar-refractivity contribution in [2.24, 2.45) is 0 Å². The maximum atomic E-state index is 12.3. The van der Waals surface area contributed by atoms with Crippen molar-refractivity contribution >= 4 is 19.8 Å². The van der Waals surface area contributed by atoms with Gasteiger partial charge in [-0.25, -0.2) is 4.57 Å². The van der Waals surface area contributed by atoms with Gasteiger partial charge < -0.3 is 19.3 Å². The molecule has 0 bridgehead atoms. The number of phosphoric acid groups is 1. The zero-order valence-electron chi connectivity index (χ0n) is 28.2. The maximum absolute atomic E-state index is 12.3. The molecule has 1 atom stereocenters. The number of ether oxygens (including phenoxy) is 2. The summed E-state index contributed by atoms with van der Waals surface area (Å²) in [6, 6.07) is 0. The Morgan fingerprint density at radius 3 is 1.46 bits per heavy atom. The Kier molecular flexibility index (Phi) is 30.2. The minimum atomic E-state index is -4.77. The second kappa shape index (κ2) is 32.2. The van der Waals surface area contributed by atoms with Crippen LogP contribution in [-0.4, -0.2) is 41.0 Å². The van der Waals surface area contributed by atoms with Crippen molar-refractivity contribution in [3.05, 3.63) is 85.1 Å². The summed E-state index contributed by atoms with van der Waals surface area (Å²) in [5, 5.41) is 0. The van der Waals surface area contributed by atoms with E-state index in [1.807, 2.05) is 0 Å². The number of carbonyl (C=O) groups excluding carboxylic acids is 2. The van der Waals surface area contributed by atoms with Gasteiger partial charge in [0.05, 0.1) is 6.61 Å². The molecule has 0 heterocycles. The van der Waals surface area contributed by atoms with Crippen LogP contribution in [0.15, 0.2) is 85.1 Å². The summed E-state index contributed by atoms with van der Waals surface area (Å²) in [6.45, 7) is 3.35. The topological polar surface area (TPSA) is 119 Å². The Labute approximate surface area is 278 Å². The Bertz CT molecular complexity index is 1020. The lowest BCUT2D eigenvalue weighted by Crippen LogP contribution is -2.29. The first kappa shape index (κ1) is 43.2. The molecule has 0 saturated carbocycles. The molecule has 0 aromatic rings. The third-order valence-electron chi connectivity index (χ3n) is 6.41. The first-order valence-electron chi connectivity index (χ1n) is 16.9. The minimum absolute atomic E-state index is 0.148. The molecule has 2 N–H and O–H groups in total. The van der Waals surface area contributed by atoms with Crippen molar-refractivity contribution in [2.75, 3.05) is 13.2 Å². The predicted octanol–water partition coefficient (Wildman–Crippen LogP) is 9.73. The van der Waals surface area contributed by atoms with E-state index in [-0.39, 0.29) is 19.4 Å². The largest absolute Gasteiger partial charge is 0.469 e. The third-order valence-corrected chi connectivity index (χ3v) is 6.89. The quantitative estimate of drug-likeness (QED) is 0.0352. The fraction of sp³-hybridized carbons (Fsp3) is 0.568. The minimum Gasteiger partial charge on any atom is -0.462 e. The molecular weight excluding hydrogens is 603 g/mol. The van der Waals surface area contributed by atoms with Crippen LogP contribution in [0.1, 0.15) is 117 Å². The van der Waals surface area contributed by atoms with Crippen molar-refractivity contribution in [1.82, 2.24) is 0 Å². The Balaban J connectivity index is 4.17. The van der Waals surface area contributed by atoms with Gasteiger partial charge in [-0.15, -0.1) is 0 Å². The number of rotatable bonds is 29. The molecule has 0 spiro atoms. The standard InChI is InChI=1S/C37H59O8P/c1-3-5-7-9-11-13-15-17-18-20-22-24-26-28-30-32-37(39)45-35(34-44-46(40,41)42)33-43-36(38)31-29-27-25-23-21-19-16-14-12-10-8-6-4-2/h5-8,11-14,17-19,21-22,24,35H,3-4,9-10,15-16,20,23,25-34H2,1-2H3,(H2,40,41,42)/b7-5-,8-6-,13-11-,14-12-,18-17-,21-19-,24-22-. The number of hydrogen-bond acceptors (Lipinski definition) is 6. The molecule has 0 amide bonds. The Morgan fingerprint density at radius 2 is 0.978 bits per heavy atom. The van der Waals surface area contributed by atoms with E-state index in [1.165, 1.54) is 0 Å². The molecule has 46 heavy (non-hydrogen) atoms. The summed E-state index contributed by atoms with van der Waals surface area (Å²) >= 11 is 0. The fourth-order valence-electron chi connectivity index (χ4n) is 3.96. The van der Waals surface area contributed by atoms with Crippen LogP contribution in [-0.2, 0) is 28.2 Å². The van der Waals surface area contributed by atoms with Crippen LogP contribution in [0, 0.1) is 0 Å². The van der Waals surface area contributed by atoms with Crippen LogP contribution in [0.4, 0.5) is 0 Å². The molecule has 9 heteroatoms. The van der Waals surface area contributed by atoms with Gasteiger partial charge in [-0.05, 0) is 83.5 Å². The first-order valence-corrected chi connectivity index (χ1v) is 18.4. The van der Waals surface area contributed by atoms with Crippen LogP contribution < -0.4 is 0 Å². The summed E-state index contributed by atoms with van der Waals surface area (Å²) in [6.07, 6.45) is 41.7. The Morgan fingerprint density at radius 1 is 0.565 bits per heavy atom. The van der Waals surface area contributed by atoms with Crippen LogP contribution in [0.2, 0.25) is 0 Å². The number of carbonyl (C=O) groups is 2. The van der Waals surface area contributed by atoms with E-state index in [2.05, 4.69) is 103 Å². The average Bonchev–Trinajstić information content (AvgIpc) is 3.02. The van der Waals surface area contributed by atoms with E-state index in [4.69, 9.17) is 19.3 Å². The molecule has 0 radical (unpaired) electrons. The lowest BCUT2D eigenvalue weighted by atomic mass is 10.1. The van der Waals surface area contributed by atoms with Gasteiger partial charge in [-0.2, -0.15) is 0 Å². The van der Waals surface area contributed by atoms with E-state index in [1.54, 1.807) is 0 Å². The molecule has 8 nitrogen and oxygen atoms in total. The highest BCUT2D eigenvalue weighted by molar-refractivity contribution is 7.46. The van der Waals surface area contributed by atoms with Crippen molar-refractivity contribution in [1.29, 1.82) is 0 Å². The van der Waals surface area contributed by atoms with Gasteiger partial charge in [0.25, 0.3) is 0 Å². The molecule has 1 unspecified atom stereocenters. The molecule has 0 aliphatic rings. The molecule has 0 aromatic carbocycles. The van der Waals surface area contributed by atoms with E-state index in [9.17, 15) is 14.2 Å². The van der Waals surface area contributed by atoms with E-state index in [0.29, 0.717) is 12.8 Å². The highest BCUT2D eigenvalue weighted by Gasteiger charge is 2.22. The second-order valence-corrected chi connectivity index (χ2v) is 12.0. The summed E-state index contributed by atoms with van der Waals surface area (Å²) in [5.41, 5.74) is 0. The molecule has 0 aliphatic heterocycles. The van der Waals surface area contributed by atoms with Gasteiger partial charge in [0.2, 0.25) is 0 Å². The molecular formula is C37H59O8P. The molecule has 0 rings (SSSR count). The first-order chi connectivity index (χ1) is 22.3. The molecule has 0 saturated heterocycles. The molecule has 260 valence electrons. The average molecular weight is 663 g/mol. The smallest absolute Gasteiger partial charge is 0.462 e. The zero-order valence-corrected chi connectivity index (χ0v) is 29.1. The van der Waals surface area contributed by atoms with Crippen molar-refractivity contribution in [3.63, 3.8) is 0 Å². The SMILES string of the molecule is CC/C=C\C/C=C\C/C=C\C/C=C\CCCCC(=O)OC(COC(=O)CCCCC/C=C\C/C=C\C/C=C\CC)COP(=O)(O)O. The van der Waals surface area contributed by atoms with Crippen LogP contribution in [0.5, 0.6) is 0 Å². The summed E-state index contributed by atoms with van der Waals surface area (Å²) < 4.78 is 26.2. The number of unbranched alkanes of at least 4 members (excludes halogenated alkanes) is 5. The monoisotopic (exact) mass is 662 g/mol. The lowest BCUT2D eigenvalue weighted by Gasteiger charge is -2.18. The van der Waals surface area contributed by atoms with E-state index in [0.717, 1.165) is 77.0 Å². The number of hydrogen-bond donors (Lipinski definition) is 2. The van der Waals surface area contributed by atoms with Crippen LogP contribution >= 0.6 is 7.82 Å². The number of esters is 2. The normalized spacial score (nSPS) is 13.6. The highest BCUT2D eigenvalue weighted by Crippen LogP contribution is 2.35. The lowest BCUT2D eigenvalue weighted by molar-refractivity contribution is -0.161. The van der Waals surface area contributed by atoms with E-state index >= 15 is 0 Å². The highest BCUT2D eigenvalue weighted by atomic mass is 31.2. The van der Waals surface area contributed by atoms with Gasteiger partial charge in [0, 0.05) is 12.8 Å². The third kappa shape index (κ3) is 34.1. The molecule has 0 aromatic heterocycles. The maximum Gasteiger partial charge on any atom is 0.469 e. The Hall–Kier alpha value is -2.77. The summed E-state index contributed by atoms with van der Waals surface area (Å²) in [7, 11) is -4.77. The van der Waals surface area contributed by atoms with Crippen molar-refractivity contribution in [3.8, 4) is 0 Å². The van der Waals surface area contributed by atoms with Gasteiger partial charge in [-0.3, -0.25) is 14.1 Å². The zero-order chi connectivity index (χ0) is 34.0. The van der Waals surface area contributed by atoms with E-state index < -0.39 is 32.5 Å². The van der Waals surface area contributed by atoms with Gasteiger partial charge in [-0.1, -0.05) is 105 Å². The van der Waals surface area contributed by atoms with Crippen LogP contribution in [0.25, 0.3) is 0 Å². The number of allylic oxidation sites excluding steroid dienone is 14. The van der Waals surface area contributed by atoms with Crippen LogP contribution in [0.3, 0.4) is 0 Å². The van der Waals surface area contributed by atoms with Crippen molar-refractivity contribution in [2.45, 2.75) is 123 Å². The predicted molar refractivity (Wildman–Crippen MR) is 188 cm³/mol. The molecule has 0 aliphatic carbocycles. The van der Waals surface area contributed by atoms with Crippen molar-refractivity contribution < 1.29 is 37.9 Å². The second-order valence-electron chi connectivity index (χ2n) is 10.7. The fourth-order valence-corrected chi connectivity index (χ4v) is 4.32. The number of phosphoric ester groups is 1.